The van der Waals surface area contributed by atoms with Crippen molar-refractivity contribution in [2.45, 2.75) is 209 Å². The Morgan fingerprint density at radius 2 is 0.609 bits per heavy atom. The van der Waals surface area contributed by atoms with Crippen molar-refractivity contribution in [3.63, 3.8) is 0 Å². The molecule has 46 heavy (non-hydrogen) atoms. The normalized spacial score (nSPS) is 14.2. The van der Waals surface area contributed by atoms with Crippen LogP contribution in [-0.4, -0.2) is 47.8 Å². The number of carbonyl (C=O) groups excluding carboxylic acids is 2. The van der Waals surface area contributed by atoms with Crippen molar-refractivity contribution in [1.82, 2.24) is 9.80 Å². The van der Waals surface area contributed by atoms with Gasteiger partial charge < -0.3 is 9.80 Å². The average molecular weight is 649 g/mol. The predicted octanol–water partition coefficient (Wildman–Crippen LogP) is 12.6. The fraction of sp³-hybridized carbons (Fsp3) is 0.952. The van der Waals surface area contributed by atoms with Gasteiger partial charge in [-0.2, -0.15) is 0 Å². The van der Waals surface area contributed by atoms with Gasteiger partial charge in [0.15, 0.2) is 0 Å². The minimum atomic E-state index is 0.393. The van der Waals surface area contributed by atoms with Crippen LogP contribution in [0, 0.1) is 23.7 Å². The van der Waals surface area contributed by atoms with Crippen molar-refractivity contribution in [3.8, 4) is 0 Å². The van der Waals surface area contributed by atoms with E-state index in [1.807, 2.05) is 0 Å². The maximum atomic E-state index is 13.5. The summed E-state index contributed by atoms with van der Waals surface area (Å²) < 4.78 is 0. The molecule has 0 aliphatic rings. The van der Waals surface area contributed by atoms with E-state index in [1.54, 1.807) is 0 Å². The van der Waals surface area contributed by atoms with E-state index in [-0.39, 0.29) is 0 Å². The van der Waals surface area contributed by atoms with E-state index >= 15 is 0 Å². The topological polar surface area (TPSA) is 40.6 Å². The van der Waals surface area contributed by atoms with Gasteiger partial charge in [0.05, 0.1) is 0 Å². The molecular formula is C42H84N2O2. The van der Waals surface area contributed by atoms with Crippen LogP contribution in [0.2, 0.25) is 0 Å². The number of carbonyl (C=O) groups is 2. The summed E-state index contributed by atoms with van der Waals surface area (Å²) in [6, 6.07) is 0. The molecule has 0 spiro atoms. The smallest absolute Gasteiger partial charge is 0.222 e. The Hall–Kier alpha value is -1.06. The molecule has 0 N–H and O–H groups in total. The highest BCUT2D eigenvalue weighted by molar-refractivity contribution is 5.76. The van der Waals surface area contributed by atoms with Gasteiger partial charge in [-0.3, -0.25) is 9.59 Å². The number of unbranched alkanes of at least 4 members (excludes halogenated alkanes) is 9. The van der Waals surface area contributed by atoms with Crippen LogP contribution in [0.3, 0.4) is 0 Å². The van der Waals surface area contributed by atoms with Crippen molar-refractivity contribution in [2.24, 2.45) is 23.7 Å². The summed E-state index contributed by atoms with van der Waals surface area (Å²) in [5, 5.41) is 0. The lowest BCUT2D eigenvalue weighted by Crippen LogP contribution is -2.38. The highest BCUT2D eigenvalue weighted by Gasteiger charge is 2.22. The summed E-state index contributed by atoms with van der Waals surface area (Å²) in [6.07, 6.45) is 27.8. The van der Waals surface area contributed by atoms with Gasteiger partial charge in [-0.15, -0.1) is 0 Å². The van der Waals surface area contributed by atoms with E-state index in [4.69, 9.17) is 0 Å². The number of hydrogen-bond acceptors (Lipinski definition) is 2. The first kappa shape index (κ1) is 44.9. The number of hydrogen-bond donors (Lipinski definition) is 0. The largest absolute Gasteiger partial charge is 0.342 e. The lowest BCUT2D eigenvalue weighted by atomic mass is 9.95. The lowest BCUT2D eigenvalue weighted by Gasteiger charge is -2.31. The van der Waals surface area contributed by atoms with Crippen LogP contribution >= 0.6 is 0 Å². The molecule has 2 amide bonds. The summed E-state index contributed by atoms with van der Waals surface area (Å²) in [7, 11) is 0. The second-order valence-corrected chi connectivity index (χ2v) is 14.9. The molecule has 0 aromatic heterocycles. The quantitative estimate of drug-likeness (QED) is 0.0664. The van der Waals surface area contributed by atoms with Gasteiger partial charge in [-0.25, -0.2) is 0 Å². The second kappa shape index (κ2) is 31.2. The molecule has 0 bridgehead atoms. The molecule has 0 saturated carbocycles. The first-order valence-electron chi connectivity index (χ1n) is 20.9. The molecule has 4 unspecified atom stereocenters. The molecule has 0 aromatic rings. The third-order valence-corrected chi connectivity index (χ3v) is 10.8. The van der Waals surface area contributed by atoms with Crippen LogP contribution in [0.5, 0.6) is 0 Å². The molecule has 4 nitrogen and oxygen atoms in total. The molecule has 0 aliphatic carbocycles. The summed E-state index contributed by atoms with van der Waals surface area (Å²) >= 11 is 0. The highest BCUT2D eigenvalue weighted by Crippen LogP contribution is 2.22. The van der Waals surface area contributed by atoms with Crippen molar-refractivity contribution in [3.05, 3.63) is 0 Å². The van der Waals surface area contributed by atoms with E-state index in [2.05, 4.69) is 65.2 Å². The zero-order valence-corrected chi connectivity index (χ0v) is 32.8. The Kier molecular flexibility index (Phi) is 30.5. The van der Waals surface area contributed by atoms with Crippen LogP contribution in [0.1, 0.15) is 209 Å². The molecule has 0 aromatic carbocycles. The van der Waals surface area contributed by atoms with Crippen LogP contribution < -0.4 is 0 Å². The Morgan fingerprint density at radius 3 is 0.826 bits per heavy atom. The first-order chi connectivity index (χ1) is 22.3. The molecule has 4 heteroatoms. The van der Waals surface area contributed by atoms with Crippen LogP contribution in [-0.2, 0) is 9.59 Å². The van der Waals surface area contributed by atoms with Gasteiger partial charge in [-0.05, 0) is 62.2 Å². The molecular weight excluding hydrogens is 564 g/mol. The minimum Gasteiger partial charge on any atom is -0.342 e. The summed E-state index contributed by atoms with van der Waals surface area (Å²) in [5.41, 5.74) is 0. The maximum absolute atomic E-state index is 13.5. The molecule has 0 radical (unpaired) electrons. The van der Waals surface area contributed by atoms with E-state index in [9.17, 15) is 9.59 Å². The predicted molar refractivity (Wildman–Crippen MR) is 203 cm³/mol. The third-order valence-electron chi connectivity index (χ3n) is 10.8. The van der Waals surface area contributed by atoms with Gasteiger partial charge >= 0.3 is 0 Å². The molecule has 274 valence electrons. The summed E-state index contributed by atoms with van der Waals surface area (Å²) in [5.74, 6) is 3.34. The van der Waals surface area contributed by atoms with Gasteiger partial charge in [0, 0.05) is 39.0 Å². The Labute approximate surface area is 290 Å². The Balaban J connectivity index is 4.80. The fourth-order valence-corrected chi connectivity index (χ4v) is 7.05. The lowest BCUT2D eigenvalue weighted by molar-refractivity contribution is -0.133. The van der Waals surface area contributed by atoms with Crippen LogP contribution in [0.25, 0.3) is 0 Å². The van der Waals surface area contributed by atoms with E-state index in [1.165, 1.54) is 116 Å². The maximum Gasteiger partial charge on any atom is 0.222 e. The van der Waals surface area contributed by atoms with Crippen molar-refractivity contribution >= 4 is 11.8 Å². The molecule has 0 heterocycles. The number of rotatable bonds is 33. The molecule has 0 rings (SSSR count). The van der Waals surface area contributed by atoms with E-state index < -0.39 is 0 Å². The van der Waals surface area contributed by atoms with Gasteiger partial charge in [-0.1, -0.05) is 158 Å². The number of amides is 2. The molecule has 0 saturated heterocycles. The van der Waals surface area contributed by atoms with Crippen molar-refractivity contribution in [1.29, 1.82) is 0 Å². The summed E-state index contributed by atoms with van der Waals surface area (Å²) in [4.78, 5) is 31.5. The SMILES string of the molecule is CCCCC(CC)CN(CC(CC)CCCC)C(=O)CCCCCCCCC(=O)N(CC(CC)CCCC)CC(CC)CCCC. The monoisotopic (exact) mass is 649 g/mol. The highest BCUT2D eigenvalue weighted by atomic mass is 16.2. The van der Waals surface area contributed by atoms with Gasteiger partial charge in [0.25, 0.3) is 0 Å². The molecule has 0 fully saturated rings. The fourth-order valence-electron chi connectivity index (χ4n) is 7.05. The van der Waals surface area contributed by atoms with E-state index in [0.29, 0.717) is 48.3 Å². The van der Waals surface area contributed by atoms with E-state index in [0.717, 1.165) is 51.9 Å². The molecule has 0 aliphatic heterocycles. The van der Waals surface area contributed by atoms with Gasteiger partial charge in [0.2, 0.25) is 11.8 Å². The zero-order valence-electron chi connectivity index (χ0n) is 32.8. The average Bonchev–Trinajstić information content (AvgIpc) is 3.07. The molecule has 4 atom stereocenters. The van der Waals surface area contributed by atoms with Crippen LogP contribution in [0.15, 0.2) is 0 Å². The van der Waals surface area contributed by atoms with Crippen LogP contribution in [0.4, 0.5) is 0 Å². The van der Waals surface area contributed by atoms with Gasteiger partial charge in [0.1, 0.15) is 0 Å². The Morgan fingerprint density at radius 1 is 0.370 bits per heavy atom. The third kappa shape index (κ3) is 22.5. The first-order valence-corrected chi connectivity index (χ1v) is 20.9. The van der Waals surface area contributed by atoms with Crippen molar-refractivity contribution in [2.75, 3.05) is 26.2 Å². The number of nitrogens with zero attached hydrogens (tertiary/aromatic N) is 2. The summed E-state index contributed by atoms with van der Waals surface area (Å²) in [6.45, 7) is 22.1. The van der Waals surface area contributed by atoms with Crippen molar-refractivity contribution < 1.29 is 9.59 Å². The zero-order chi connectivity index (χ0) is 34.4. The standard InChI is InChI=1S/C42H84N2O2/c1-9-17-27-37(13-5)33-43(34-38(14-6)28-18-10-2)41(45)31-25-23-21-22-24-26-32-42(46)44(35-39(15-7)29-19-11-3)36-40(16-8)30-20-12-4/h37-40H,9-36H2,1-8H3. The second-order valence-electron chi connectivity index (χ2n) is 14.9. The minimum absolute atomic E-state index is 0.393. The Bertz CT molecular complexity index is 601.